The quantitative estimate of drug-likeness (QED) is 0.130. The molecule has 8 heteroatoms. The number of aryl methyl sites for hydroxylation is 3. The molecule has 2 aliphatic heterocycles. The Balaban J connectivity index is 0.00000433. The average Bonchev–Trinajstić information content (AvgIpc) is 3.74. The minimum atomic E-state index is -0.265. The molecule has 0 unspecified atom stereocenters. The normalized spacial score (nSPS) is 12.9. The Bertz CT molecular complexity index is 3220. The van der Waals surface area contributed by atoms with E-state index in [0.717, 1.165) is 101 Å². The van der Waals surface area contributed by atoms with Crippen molar-refractivity contribution < 1.29 is 30.5 Å². The molecule has 6 nitrogen and oxygen atoms in total. The summed E-state index contributed by atoms with van der Waals surface area (Å²) in [6.07, 6.45) is 1.92. The molecule has 3 aromatic heterocycles. The Labute approximate surface area is 365 Å². The number of imidazole rings is 1. The summed E-state index contributed by atoms with van der Waals surface area (Å²) in [4.78, 5) is 10.3. The van der Waals surface area contributed by atoms with Crippen molar-refractivity contribution in [3.8, 4) is 45.9 Å². The minimum Gasteiger partial charge on any atom is -0.518 e. The topological polar surface area (TPSA) is 54.1 Å². The van der Waals surface area contributed by atoms with Gasteiger partial charge in [0.1, 0.15) is 17.3 Å². The molecule has 0 aliphatic carbocycles. The van der Waals surface area contributed by atoms with Crippen LogP contribution in [-0.2, 0) is 26.5 Å². The van der Waals surface area contributed by atoms with Gasteiger partial charge in [-0.1, -0.05) is 93.5 Å². The van der Waals surface area contributed by atoms with E-state index in [9.17, 15) is 0 Å². The third-order valence-corrected chi connectivity index (χ3v) is 12.2. The van der Waals surface area contributed by atoms with E-state index in [-0.39, 0.29) is 39.1 Å². The van der Waals surface area contributed by atoms with Crippen LogP contribution in [0.25, 0.3) is 55.7 Å². The van der Waals surface area contributed by atoms with E-state index < -0.39 is 0 Å². The molecule has 60 heavy (non-hydrogen) atoms. The predicted molar refractivity (Wildman–Crippen MR) is 241 cm³/mol. The van der Waals surface area contributed by atoms with E-state index in [1.54, 1.807) is 0 Å². The van der Waals surface area contributed by atoms with E-state index in [1.165, 1.54) is 22.3 Å². The van der Waals surface area contributed by atoms with Crippen LogP contribution in [0.15, 0.2) is 109 Å². The van der Waals surface area contributed by atoms with Gasteiger partial charge in [-0.15, -0.1) is 40.8 Å². The van der Waals surface area contributed by atoms with E-state index in [4.69, 9.17) is 19.4 Å². The molecule has 0 amide bonds. The summed E-state index contributed by atoms with van der Waals surface area (Å²) in [6.45, 7) is 17.4. The van der Waals surface area contributed by atoms with Crippen molar-refractivity contribution in [2.24, 2.45) is 0 Å². The molecule has 5 heterocycles. The number of benzene rings is 6. The van der Waals surface area contributed by atoms with E-state index in [1.807, 2.05) is 6.20 Å². The number of ether oxygens (including phenoxy) is 2. The summed E-state index contributed by atoms with van der Waals surface area (Å²) >= 11 is 0. The van der Waals surface area contributed by atoms with Crippen LogP contribution in [0.3, 0.4) is 0 Å². The van der Waals surface area contributed by atoms with Crippen LogP contribution in [-0.4, -0.2) is 25.8 Å². The fraction of sp³-hybridized carbons (Fsp3) is 0.192. The molecular formula is C52H43BN4O2Pt. The number of hydrogen-bond donors (Lipinski definition) is 0. The first-order chi connectivity index (χ1) is 28.4. The molecule has 0 saturated carbocycles. The van der Waals surface area contributed by atoms with Crippen molar-refractivity contribution >= 4 is 55.9 Å². The number of aromatic nitrogens is 4. The van der Waals surface area contributed by atoms with Crippen LogP contribution in [0.4, 0.5) is 0 Å². The molecular weight excluding hydrogens is 918 g/mol. The predicted octanol–water partition coefficient (Wildman–Crippen LogP) is 10.9. The van der Waals surface area contributed by atoms with Crippen LogP contribution < -0.4 is 25.9 Å². The van der Waals surface area contributed by atoms with Gasteiger partial charge in [-0.05, 0) is 102 Å². The zero-order chi connectivity index (χ0) is 40.5. The molecule has 0 bridgehead atoms. The van der Waals surface area contributed by atoms with Gasteiger partial charge in [0.2, 0.25) is 6.71 Å². The third-order valence-electron chi connectivity index (χ3n) is 12.2. The molecule has 0 N–H and O–H groups in total. The first kappa shape index (κ1) is 38.3. The smallest absolute Gasteiger partial charge is 0.518 e. The molecule has 0 radical (unpaired) electrons. The Hall–Kier alpha value is -5.91. The van der Waals surface area contributed by atoms with Crippen LogP contribution >= 0.6 is 0 Å². The summed E-state index contributed by atoms with van der Waals surface area (Å²) in [5.41, 5.74) is 14.9. The Morgan fingerprint density at radius 3 is 2.10 bits per heavy atom. The van der Waals surface area contributed by atoms with E-state index in [2.05, 4.69) is 180 Å². The maximum absolute atomic E-state index is 6.97. The number of nitrogens with zero attached hydrogens (tertiary/aromatic N) is 4. The van der Waals surface area contributed by atoms with Crippen molar-refractivity contribution in [2.45, 2.75) is 66.7 Å². The zero-order valence-corrected chi connectivity index (χ0v) is 37.2. The van der Waals surface area contributed by atoms with Crippen LogP contribution in [0, 0.1) is 32.9 Å². The van der Waals surface area contributed by atoms with Crippen LogP contribution in [0.2, 0.25) is 0 Å². The van der Waals surface area contributed by atoms with Crippen LogP contribution in [0.1, 0.15) is 68.4 Å². The van der Waals surface area contributed by atoms with Gasteiger partial charge >= 0.3 is 21.1 Å². The Morgan fingerprint density at radius 1 is 0.683 bits per heavy atom. The second-order valence-electron chi connectivity index (χ2n) is 17.7. The van der Waals surface area contributed by atoms with E-state index in [0.29, 0.717) is 0 Å². The first-order valence-corrected chi connectivity index (χ1v) is 20.5. The molecule has 6 aromatic carbocycles. The van der Waals surface area contributed by atoms with Crippen LogP contribution in [0.5, 0.6) is 23.0 Å². The molecule has 2 aliphatic rings. The second-order valence-corrected chi connectivity index (χ2v) is 17.7. The van der Waals surface area contributed by atoms with Gasteiger partial charge in [0.05, 0.1) is 16.9 Å². The molecule has 9 aromatic rings. The molecule has 0 spiro atoms. The fourth-order valence-corrected chi connectivity index (χ4v) is 9.44. The Morgan fingerprint density at radius 2 is 1.37 bits per heavy atom. The van der Waals surface area contributed by atoms with Gasteiger partial charge in [0, 0.05) is 34.4 Å². The zero-order valence-electron chi connectivity index (χ0n) is 35.0. The van der Waals surface area contributed by atoms with Gasteiger partial charge in [-0.25, -0.2) is 4.98 Å². The average molecular weight is 962 g/mol. The number of para-hydroxylation sites is 3. The van der Waals surface area contributed by atoms with Crippen molar-refractivity contribution in [2.75, 3.05) is 0 Å². The minimum absolute atomic E-state index is 0. The SMILES string of the molecule is Cc1cc(C)c(-n2c(-c3[c-]c4c(cc3)Oc3cc(C(C)C)cc5c3B4c3[c-]c4c(cc3O5)c3ccccc3n4-c3cc(C(C)(C)C)ccn3)nc3ccccc32)c(C)c1.[Pt+2]. The van der Waals surface area contributed by atoms with E-state index >= 15 is 0 Å². The second kappa shape index (κ2) is 13.8. The van der Waals surface area contributed by atoms with Crippen molar-refractivity contribution in [3.05, 3.63) is 149 Å². The van der Waals surface area contributed by atoms with Gasteiger partial charge in [-0.3, -0.25) is 4.98 Å². The number of fused-ring (bicyclic) bond motifs is 8. The molecule has 0 atom stereocenters. The maximum atomic E-state index is 6.97. The molecule has 11 rings (SSSR count). The maximum Gasteiger partial charge on any atom is 2.00 e. The van der Waals surface area contributed by atoms with Crippen molar-refractivity contribution in [3.63, 3.8) is 0 Å². The summed E-state index contributed by atoms with van der Waals surface area (Å²) in [7, 11) is 0. The summed E-state index contributed by atoms with van der Waals surface area (Å²) in [5.74, 6) is 5.15. The number of hydrogen-bond acceptors (Lipinski definition) is 4. The number of pyridine rings is 1. The van der Waals surface area contributed by atoms with Gasteiger partial charge in [0.15, 0.2) is 0 Å². The summed E-state index contributed by atoms with van der Waals surface area (Å²) in [5, 5.41) is 2.19. The Kier molecular flexibility index (Phi) is 8.82. The molecule has 0 fully saturated rings. The van der Waals surface area contributed by atoms with Crippen molar-refractivity contribution in [1.29, 1.82) is 0 Å². The fourth-order valence-electron chi connectivity index (χ4n) is 9.44. The van der Waals surface area contributed by atoms with Gasteiger partial charge < -0.3 is 18.6 Å². The first-order valence-electron chi connectivity index (χ1n) is 20.5. The molecule has 296 valence electrons. The monoisotopic (exact) mass is 961 g/mol. The molecule has 0 saturated heterocycles. The standard InChI is InChI=1S/C52H43BN4O2.Pt/c1-29(2)34-24-46-49-47(25-34)59-45-27-37-36-13-9-11-15-41(36)56(48-26-35(19-20-54-48)52(6,7)8)43(37)28-39(45)53(49)38-23-33(17-18-44(38)58-46)51-55-40-14-10-12-16-42(40)57(51)50-31(4)21-30(3)22-32(50)5;/h9-22,24-27,29H,1-8H3;/q-2;+2. The largest absolute Gasteiger partial charge is 2.00 e. The van der Waals surface area contributed by atoms with Crippen molar-refractivity contribution in [1.82, 2.24) is 19.1 Å². The summed E-state index contributed by atoms with van der Waals surface area (Å²) in [6, 6.07) is 44.4. The number of rotatable bonds is 4. The summed E-state index contributed by atoms with van der Waals surface area (Å²) < 4.78 is 18.4. The van der Waals surface area contributed by atoms with Gasteiger partial charge in [0.25, 0.3) is 0 Å². The van der Waals surface area contributed by atoms with Gasteiger partial charge in [-0.2, -0.15) is 6.07 Å². The third kappa shape index (κ3) is 5.80.